The summed E-state index contributed by atoms with van der Waals surface area (Å²) in [7, 11) is 0. The van der Waals surface area contributed by atoms with Gasteiger partial charge in [-0.25, -0.2) is 0 Å². The predicted molar refractivity (Wildman–Crippen MR) is 76.8 cm³/mol. The molecule has 2 aromatic rings. The molecule has 0 unspecified atom stereocenters. The van der Waals surface area contributed by atoms with Gasteiger partial charge in [-0.3, -0.25) is 9.78 Å². The van der Waals surface area contributed by atoms with Crippen LogP contribution in [0.5, 0.6) is 5.88 Å². The number of ether oxygens (including phenoxy) is 1. The number of aromatic nitrogens is 3. The Kier molecular flexibility index (Phi) is 3.93. The van der Waals surface area contributed by atoms with E-state index in [0.717, 1.165) is 22.6 Å². The second kappa shape index (κ2) is 5.84. The average molecular weight is 355 g/mol. The summed E-state index contributed by atoms with van der Waals surface area (Å²) in [6, 6.07) is 1.77. The molecule has 1 fully saturated rings. The Morgan fingerprint density at radius 3 is 3.10 bits per heavy atom. The summed E-state index contributed by atoms with van der Waals surface area (Å²) in [5, 5.41) is 0. The highest BCUT2D eigenvalue weighted by atomic mass is 79.9. The van der Waals surface area contributed by atoms with Gasteiger partial charge in [0.2, 0.25) is 5.88 Å². The van der Waals surface area contributed by atoms with E-state index < -0.39 is 0 Å². The molecule has 1 saturated heterocycles. The maximum Gasteiger partial charge on any atom is 0.255 e. The summed E-state index contributed by atoms with van der Waals surface area (Å²) in [6.07, 6.45) is 5.59. The van der Waals surface area contributed by atoms with Crippen molar-refractivity contribution in [1.29, 1.82) is 0 Å². The van der Waals surface area contributed by atoms with Gasteiger partial charge in [-0.1, -0.05) is 0 Å². The van der Waals surface area contributed by atoms with Gasteiger partial charge in [0.1, 0.15) is 12.3 Å². The van der Waals surface area contributed by atoms with Crippen LogP contribution in [0.3, 0.4) is 0 Å². The van der Waals surface area contributed by atoms with E-state index in [9.17, 15) is 4.79 Å². The Morgan fingerprint density at radius 2 is 2.35 bits per heavy atom. The smallest absolute Gasteiger partial charge is 0.255 e. The molecule has 0 bridgehead atoms. The van der Waals surface area contributed by atoms with Crippen molar-refractivity contribution in [2.45, 2.75) is 12.5 Å². The quantitative estimate of drug-likeness (QED) is 0.842. The average Bonchev–Trinajstić information content (AvgIpc) is 3.10. The molecule has 0 saturated carbocycles. The molecule has 3 heterocycles. The first-order valence-corrected chi connectivity index (χ1v) is 7.59. The van der Waals surface area contributed by atoms with Crippen LogP contribution in [0.4, 0.5) is 0 Å². The molecular formula is C12H11BrN4O2S. The van der Waals surface area contributed by atoms with Gasteiger partial charge in [-0.15, -0.1) is 4.37 Å². The molecule has 0 aliphatic carbocycles. The molecule has 0 radical (unpaired) electrons. The molecule has 20 heavy (non-hydrogen) atoms. The van der Waals surface area contributed by atoms with E-state index >= 15 is 0 Å². The first kappa shape index (κ1) is 13.4. The number of nitrogens with zero attached hydrogens (tertiary/aromatic N) is 4. The summed E-state index contributed by atoms with van der Waals surface area (Å²) in [6.45, 7) is 1.23. The lowest BCUT2D eigenvalue weighted by atomic mass is 10.2. The zero-order valence-corrected chi connectivity index (χ0v) is 12.8. The number of halogens is 1. The first-order chi connectivity index (χ1) is 9.72. The molecule has 8 heteroatoms. The van der Waals surface area contributed by atoms with Crippen molar-refractivity contribution in [2.75, 3.05) is 13.1 Å². The lowest BCUT2D eigenvalue weighted by molar-refractivity contribution is 0.0771. The molecule has 6 nitrogen and oxygen atoms in total. The summed E-state index contributed by atoms with van der Waals surface area (Å²) >= 11 is 4.43. The zero-order valence-electron chi connectivity index (χ0n) is 10.4. The van der Waals surface area contributed by atoms with Crippen LogP contribution in [0, 0.1) is 0 Å². The largest absolute Gasteiger partial charge is 0.471 e. The van der Waals surface area contributed by atoms with E-state index in [1.54, 1.807) is 29.6 Å². The number of carbonyl (C=O) groups is 1. The van der Waals surface area contributed by atoms with Crippen LogP contribution in [-0.2, 0) is 0 Å². The van der Waals surface area contributed by atoms with E-state index in [4.69, 9.17) is 4.74 Å². The minimum absolute atomic E-state index is 0.0250. The van der Waals surface area contributed by atoms with Crippen molar-refractivity contribution < 1.29 is 9.53 Å². The van der Waals surface area contributed by atoms with Crippen LogP contribution in [0.1, 0.15) is 16.8 Å². The van der Waals surface area contributed by atoms with Crippen LogP contribution in [0.15, 0.2) is 29.1 Å². The molecule has 1 atom stereocenters. The number of carbonyl (C=O) groups excluding carboxylic acids is 1. The topological polar surface area (TPSA) is 68.2 Å². The Bertz CT molecular complexity index is 607. The van der Waals surface area contributed by atoms with Crippen molar-refractivity contribution in [3.05, 3.63) is 34.7 Å². The summed E-state index contributed by atoms with van der Waals surface area (Å²) < 4.78 is 14.4. The third kappa shape index (κ3) is 2.96. The Hall–Kier alpha value is -1.54. The molecule has 1 aliphatic heterocycles. The standard InChI is InChI=1S/C12H11BrN4O2S/c13-9-3-8(4-14-5-9)12(18)17-2-1-10(7-17)19-11-6-15-20-16-11/h3-6,10H,1-2,7H2/t10-/m0/s1. The number of rotatable bonds is 3. The molecule has 3 rings (SSSR count). The monoisotopic (exact) mass is 354 g/mol. The Morgan fingerprint density at radius 1 is 1.45 bits per heavy atom. The summed E-state index contributed by atoms with van der Waals surface area (Å²) in [5.41, 5.74) is 0.579. The second-order valence-electron chi connectivity index (χ2n) is 4.42. The highest BCUT2D eigenvalue weighted by molar-refractivity contribution is 9.10. The number of hydrogen-bond donors (Lipinski definition) is 0. The fourth-order valence-electron chi connectivity index (χ4n) is 2.10. The lowest BCUT2D eigenvalue weighted by Crippen LogP contribution is -2.31. The van der Waals surface area contributed by atoms with Crippen LogP contribution >= 0.6 is 27.7 Å². The van der Waals surface area contributed by atoms with Gasteiger partial charge in [0.05, 0.1) is 23.8 Å². The van der Waals surface area contributed by atoms with Gasteiger partial charge >= 0.3 is 0 Å². The number of pyridine rings is 1. The summed E-state index contributed by atoms with van der Waals surface area (Å²) in [5.74, 6) is 0.500. The van der Waals surface area contributed by atoms with E-state index in [1.807, 2.05) is 0 Å². The van der Waals surface area contributed by atoms with Crippen LogP contribution in [-0.4, -0.2) is 43.7 Å². The minimum atomic E-state index is -0.0266. The lowest BCUT2D eigenvalue weighted by Gasteiger charge is -2.16. The zero-order chi connectivity index (χ0) is 13.9. The fourth-order valence-corrected chi connectivity index (χ4v) is 2.82. The van der Waals surface area contributed by atoms with E-state index in [2.05, 4.69) is 29.7 Å². The van der Waals surface area contributed by atoms with Gasteiger partial charge in [0, 0.05) is 29.8 Å². The van der Waals surface area contributed by atoms with Gasteiger partial charge in [0.25, 0.3) is 5.91 Å². The van der Waals surface area contributed by atoms with Crippen molar-refractivity contribution in [3.63, 3.8) is 0 Å². The third-order valence-electron chi connectivity index (χ3n) is 3.01. The minimum Gasteiger partial charge on any atom is -0.471 e. The third-order valence-corrected chi connectivity index (χ3v) is 3.91. The number of amides is 1. The molecule has 1 amide bonds. The van der Waals surface area contributed by atoms with Gasteiger partial charge in [-0.2, -0.15) is 4.37 Å². The number of likely N-dealkylation sites (tertiary alicyclic amines) is 1. The second-order valence-corrected chi connectivity index (χ2v) is 5.89. The van der Waals surface area contributed by atoms with E-state index in [0.29, 0.717) is 24.5 Å². The predicted octanol–water partition coefficient (Wildman–Crippen LogP) is 1.99. The highest BCUT2D eigenvalue weighted by Gasteiger charge is 2.28. The van der Waals surface area contributed by atoms with Crippen molar-refractivity contribution in [3.8, 4) is 5.88 Å². The van der Waals surface area contributed by atoms with Crippen LogP contribution in [0.2, 0.25) is 0 Å². The van der Waals surface area contributed by atoms with E-state index in [-0.39, 0.29) is 12.0 Å². The first-order valence-electron chi connectivity index (χ1n) is 6.06. The molecule has 0 aromatic carbocycles. The van der Waals surface area contributed by atoms with Crippen molar-refractivity contribution in [1.82, 2.24) is 18.6 Å². The van der Waals surface area contributed by atoms with Gasteiger partial charge in [0.15, 0.2) is 0 Å². The molecule has 2 aromatic heterocycles. The molecule has 104 valence electrons. The SMILES string of the molecule is O=C(c1cncc(Br)c1)N1CC[C@H](Oc2cnsn2)C1. The molecular weight excluding hydrogens is 344 g/mol. The van der Waals surface area contributed by atoms with Gasteiger partial charge in [-0.05, 0) is 22.0 Å². The molecule has 0 spiro atoms. The Balaban J connectivity index is 1.63. The number of hydrogen-bond acceptors (Lipinski definition) is 6. The normalized spacial score (nSPS) is 18.2. The summed E-state index contributed by atoms with van der Waals surface area (Å²) in [4.78, 5) is 18.1. The van der Waals surface area contributed by atoms with Gasteiger partial charge < -0.3 is 9.64 Å². The van der Waals surface area contributed by atoms with Crippen molar-refractivity contribution in [2.24, 2.45) is 0 Å². The fraction of sp³-hybridized carbons (Fsp3) is 0.333. The Labute approximate surface area is 128 Å². The van der Waals surface area contributed by atoms with E-state index in [1.165, 1.54) is 0 Å². The molecule has 0 N–H and O–H groups in total. The molecule has 1 aliphatic rings. The maximum atomic E-state index is 12.3. The van der Waals surface area contributed by atoms with Crippen LogP contribution in [0.25, 0.3) is 0 Å². The van der Waals surface area contributed by atoms with Crippen LogP contribution < -0.4 is 4.74 Å². The van der Waals surface area contributed by atoms with Crippen molar-refractivity contribution >= 4 is 33.6 Å². The maximum absolute atomic E-state index is 12.3. The highest BCUT2D eigenvalue weighted by Crippen LogP contribution is 2.19.